The minimum atomic E-state index is -0.939. The van der Waals surface area contributed by atoms with E-state index in [1.165, 1.54) is 13.0 Å². The van der Waals surface area contributed by atoms with E-state index in [1.807, 2.05) is 18.2 Å². The number of hydrogen-bond acceptors (Lipinski definition) is 2. The first-order chi connectivity index (χ1) is 12.8. The van der Waals surface area contributed by atoms with Gasteiger partial charge in [-0.25, -0.2) is 13.6 Å². The Morgan fingerprint density at radius 3 is 2.63 bits per heavy atom. The minimum Gasteiger partial charge on any atom is -0.331 e. The number of carbonyl (C=O) groups is 2. The van der Waals surface area contributed by atoms with Crippen LogP contribution in [0.2, 0.25) is 0 Å². The Hall–Kier alpha value is -2.96. The van der Waals surface area contributed by atoms with Crippen molar-refractivity contribution < 1.29 is 18.4 Å². The second kappa shape index (κ2) is 7.73. The maximum absolute atomic E-state index is 13.4. The fourth-order valence-electron chi connectivity index (χ4n) is 3.23. The van der Waals surface area contributed by atoms with Gasteiger partial charge in [-0.15, -0.1) is 0 Å². The number of hydrogen-bond donors (Lipinski definition) is 2. The molecule has 2 aromatic rings. The van der Waals surface area contributed by atoms with Crippen molar-refractivity contribution in [2.24, 2.45) is 0 Å². The number of halogens is 2. The largest absolute Gasteiger partial charge is 0.331 e. The fraction of sp³-hybridized carbons (Fsp3) is 0.300. The van der Waals surface area contributed by atoms with Crippen LogP contribution in [-0.4, -0.2) is 23.4 Å². The van der Waals surface area contributed by atoms with Crippen molar-refractivity contribution >= 4 is 17.6 Å². The normalized spacial score (nSPS) is 14.3. The Balaban J connectivity index is 1.68. The molecule has 27 heavy (non-hydrogen) atoms. The Morgan fingerprint density at radius 1 is 1.15 bits per heavy atom. The molecule has 0 saturated heterocycles. The first-order valence-corrected chi connectivity index (χ1v) is 8.74. The monoisotopic (exact) mass is 373 g/mol. The van der Waals surface area contributed by atoms with Crippen molar-refractivity contribution in [2.45, 2.75) is 32.9 Å². The Bertz CT molecular complexity index is 886. The molecule has 2 N–H and O–H groups in total. The van der Waals surface area contributed by atoms with Gasteiger partial charge in [0.2, 0.25) is 5.91 Å². The maximum Gasteiger partial charge on any atom is 0.318 e. The average molecular weight is 373 g/mol. The quantitative estimate of drug-likeness (QED) is 0.861. The lowest BCUT2D eigenvalue weighted by molar-refractivity contribution is -0.114. The molecule has 0 saturated carbocycles. The molecule has 1 atom stereocenters. The van der Waals surface area contributed by atoms with Crippen LogP contribution in [0.4, 0.5) is 19.3 Å². The van der Waals surface area contributed by atoms with Crippen LogP contribution in [0.5, 0.6) is 0 Å². The molecule has 0 aromatic heterocycles. The summed E-state index contributed by atoms with van der Waals surface area (Å²) < 4.78 is 26.5. The third-order valence-electron chi connectivity index (χ3n) is 4.65. The molecular weight excluding hydrogens is 352 g/mol. The van der Waals surface area contributed by atoms with Crippen molar-refractivity contribution in [3.05, 3.63) is 64.7 Å². The number of nitrogens with zero attached hydrogens (tertiary/aromatic N) is 1. The topological polar surface area (TPSA) is 61.4 Å². The molecule has 0 aliphatic carbocycles. The summed E-state index contributed by atoms with van der Waals surface area (Å²) in [6, 6.07) is 8.48. The van der Waals surface area contributed by atoms with Crippen molar-refractivity contribution in [3.63, 3.8) is 0 Å². The SMILES string of the molecule is CC(=O)Nc1cccc2c1CCN(C(=O)N[C@H](C)c1ccc(F)c(F)c1)C2. The molecule has 5 nitrogen and oxygen atoms in total. The minimum absolute atomic E-state index is 0.135. The lowest BCUT2D eigenvalue weighted by Crippen LogP contribution is -2.43. The van der Waals surface area contributed by atoms with Crippen molar-refractivity contribution in [3.8, 4) is 0 Å². The van der Waals surface area contributed by atoms with E-state index in [4.69, 9.17) is 0 Å². The first kappa shape index (κ1) is 18.8. The van der Waals surface area contributed by atoms with Gasteiger partial charge in [0.15, 0.2) is 11.6 Å². The van der Waals surface area contributed by atoms with Crippen molar-refractivity contribution in [1.82, 2.24) is 10.2 Å². The summed E-state index contributed by atoms with van der Waals surface area (Å²) in [4.78, 5) is 25.6. The third kappa shape index (κ3) is 4.24. The highest BCUT2D eigenvalue weighted by molar-refractivity contribution is 5.90. The summed E-state index contributed by atoms with van der Waals surface area (Å²) in [6.07, 6.45) is 0.624. The molecule has 0 radical (unpaired) electrons. The molecular formula is C20H21F2N3O2. The molecule has 3 rings (SSSR count). The first-order valence-electron chi connectivity index (χ1n) is 8.74. The highest BCUT2D eigenvalue weighted by Gasteiger charge is 2.24. The zero-order valence-corrected chi connectivity index (χ0v) is 15.2. The van der Waals surface area contributed by atoms with E-state index in [-0.39, 0.29) is 11.9 Å². The summed E-state index contributed by atoms with van der Waals surface area (Å²) in [5.74, 6) is -1.99. The lowest BCUT2D eigenvalue weighted by Gasteiger charge is -2.31. The molecule has 0 spiro atoms. The van der Waals surface area contributed by atoms with Gasteiger partial charge in [0.25, 0.3) is 0 Å². The second-order valence-electron chi connectivity index (χ2n) is 6.64. The van der Waals surface area contributed by atoms with Gasteiger partial charge in [-0.05, 0) is 48.2 Å². The molecule has 0 bridgehead atoms. The number of amides is 3. The van der Waals surface area contributed by atoms with Gasteiger partial charge in [0.1, 0.15) is 0 Å². The molecule has 7 heteroatoms. The van der Waals surface area contributed by atoms with Gasteiger partial charge < -0.3 is 15.5 Å². The van der Waals surface area contributed by atoms with Crippen LogP contribution < -0.4 is 10.6 Å². The Labute approximate surface area is 156 Å². The van der Waals surface area contributed by atoms with E-state index in [9.17, 15) is 18.4 Å². The predicted octanol–water partition coefficient (Wildman–Crippen LogP) is 3.75. The summed E-state index contributed by atoms with van der Waals surface area (Å²) in [7, 11) is 0. The van der Waals surface area contributed by atoms with Crippen LogP contribution in [-0.2, 0) is 17.8 Å². The number of carbonyl (C=O) groups excluding carboxylic acids is 2. The molecule has 0 unspecified atom stereocenters. The highest BCUT2D eigenvalue weighted by atomic mass is 19.2. The summed E-state index contributed by atoms with van der Waals surface area (Å²) in [5, 5.41) is 5.63. The second-order valence-corrected chi connectivity index (χ2v) is 6.64. The van der Waals surface area contributed by atoms with Gasteiger partial charge in [-0.1, -0.05) is 18.2 Å². The van der Waals surface area contributed by atoms with Gasteiger partial charge >= 0.3 is 6.03 Å². The van der Waals surface area contributed by atoms with Crippen LogP contribution in [0.25, 0.3) is 0 Å². The van der Waals surface area contributed by atoms with Gasteiger partial charge in [0, 0.05) is 25.7 Å². The lowest BCUT2D eigenvalue weighted by atomic mass is 9.98. The highest BCUT2D eigenvalue weighted by Crippen LogP contribution is 2.26. The number of anilines is 1. The zero-order valence-electron chi connectivity index (χ0n) is 15.2. The third-order valence-corrected chi connectivity index (χ3v) is 4.65. The van der Waals surface area contributed by atoms with E-state index in [2.05, 4.69) is 10.6 Å². The summed E-state index contributed by atoms with van der Waals surface area (Å²) in [5.41, 5.74) is 3.27. The van der Waals surface area contributed by atoms with Crippen LogP contribution in [0, 0.1) is 11.6 Å². The van der Waals surface area contributed by atoms with Crippen molar-refractivity contribution in [2.75, 3.05) is 11.9 Å². The van der Waals surface area contributed by atoms with E-state index < -0.39 is 17.7 Å². The molecule has 142 valence electrons. The molecule has 0 fully saturated rings. The Kier molecular flexibility index (Phi) is 5.39. The predicted molar refractivity (Wildman–Crippen MR) is 98.2 cm³/mol. The molecule has 3 amide bonds. The molecule has 1 aliphatic heterocycles. The van der Waals surface area contributed by atoms with Gasteiger partial charge in [-0.2, -0.15) is 0 Å². The molecule has 1 aliphatic rings. The summed E-state index contributed by atoms with van der Waals surface area (Å²) >= 11 is 0. The van der Waals surface area contributed by atoms with Crippen LogP contribution >= 0.6 is 0 Å². The number of benzene rings is 2. The van der Waals surface area contributed by atoms with E-state index in [1.54, 1.807) is 11.8 Å². The molecule has 2 aromatic carbocycles. The fourth-order valence-corrected chi connectivity index (χ4v) is 3.23. The van der Waals surface area contributed by atoms with Crippen LogP contribution in [0.15, 0.2) is 36.4 Å². The van der Waals surface area contributed by atoms with E-state index in [0.717, 1.165) is 28.9 Å². The average Bonchev–Trinajstić information content (AvgIpc) is 2.63. The smallest absolute Gasteiger partial charge is 0.318 e. The van der Waals surface area contributed by atoms with Gasteiger partial charge in [-0.3, -0.25) is 4.79 Å². The van der Waals surface area contributed by atoms with Crippen LogP contribution in [0.3, 0.4) is 0 Å². The number of nitrogens with one attached hydrogen (secondary N) is 2. The molecule has 1 heterocycles. The number of rotatable bonds is 3. The number of fused-ring (bicyclic) bond motifs is 1. The standard InChI is InChI=1S/C20H21F2N3O2/c1-12(14-6-7-17(21)18(22)10-14)23-20(27)25-9-8-16-15(11-25)4-3-5-19(16)24-13(2)26/h3-7,10,12H,8-9,11H2,1-2H3,(H,23,27)(H,24,26)/t12-/m1/s1. The Morgan fingerprint density at radius 2 is 1.93 bits per heavy atom. The maximum atomic E-state index is 13.4. The van der Waals surface area contributed by atoms with Gasteiger partial charge in [0.05, 0.1) is 6.04 Å². The van der Waals surface area contributed by atoms with E-state index in [0.29, 0.717) is 25.1 Å². The van der Waals surface area contributed by atoms with Crippen molar-refractivity contribution in [1.29, 1.82) is 0 Å². The van der Waals surface area contributed by atoms with Crippen LogP contribution in [0.1, 0.15) is 36.6 Å². The zero-order chi connectivity index (χ0) is 19.6. The number of urea groups is 1. The summed E-state index contributed by atoms with van der Waals surface area (Å²) in [6.45, 7) is 4.10. The van der Waals surface area contributed by atoms with E-state index >= 15 is 0 Å².